The maximum absolute atomic E-state index is 12.6. The molecular weight excluding hydrogens is 310 g/mol. The number of benzene rings is 2. The first kappa shape index (κ1) is 17.5. The third kappa shape index (κ3) is 4.12. The Bertz CT molecular complexity index is 755. The maximum atomic E-state index is 12.6. The van der Waals surface area contributed by atoms with E-state index in [0.717, 1.165) is 11.1 Å². The number of ether oxygens (including phenoxy) is 1. The molecule has 2 aromatic rings. The van der Waals surface area contributed by atoms with Gasteiger partial charge in [-0.25, -0.2) is 13.1 Å². The van der Waals surface area contributed by atoms with Gasteiger partial charge in [-0.05, 0) is 42.2 Å². The van der Waals surface area contributed by atoms with Crippen LogP contribution in [0, 0.1) is 0 Å². The lowest BCUT2D eigenvalue weighted by molar-refractivity contribution is 0.407. The third-order valence-corrected chi connectivity index (χ3v) is 5.30. The minimum atomic E-state index is -3.59. The second-order valence-corrected chi connectivity index (χ2v) is 7.53. The number of sulfonamides is 1. The summed E-state index contributed by atoms with van der Waals surface area (Å²) in [6.07, 6.45) is 0. The van der Waals surface area contributed by atoms with Crippen molar-refractivity contribution in [1.29, 1.82) is 0 Å². The molecule has 0 saturated carbocycles. The third-order valence-electron chi connectivity index (χ3n) is 3.76. The second kappa shape index (κ2) is 7.15. The summed E-state index contributed by atoms with van der Waals surface area (Å²) in [4.78, 5) is 0.254. The number of nitrogens with one attached hydrogen (secondary N) is 1. The van der Waals surface area contributed by atoms with E-state index >= 15 is 0 Å². The number of methoxy groups -OCH3 is 1. The van der Waals surface area contributed by atoms with Crippen molar-refractivity contribution in [3.05, 3.63) is 59.7 Å². The Morgan fingerprint density at radius 2 is 1.65 bits per heavy atom. The van der Waals surface area contributed by atoms with E-state index in [0.29, 0.717) is 5.75 Å². The molecule has 0 heterocycles. The SMILES string of the molecule is COc1ccc(S(=O)(=O)N[C@@H](C)c2ccccc2)cc1C(C)C. The van der Waals surface area contributed by atoms with Gasteiger partial charge in [0.15, 0.2) is 0 Å². The molecule has 0 radical (unpaired) electrons. The largest absolute Gasteiger partial charge is 0.496 e. The smallest absolute Gasteiger partial charge is 0.241 e. The van der Waals surface area contributed by atoms with Gasteiger partial charge >= 0.3 is 0 Å². The van der Waals surface area contributed by atoms with Crippen molar-refractivity contribution in [3.8, 4) is 5.75 Å². The van der Waals surface area contributed by atoms with E-state index in [1.54, 1.807) is 25.3 Å². The first-order chi connectivity index (χ1) is 10.8. The summed E-state index contributed by atoms with van der Waals surface area (Å²) in [5, 5.41) is 0. The van der Waals surface area contributed by atoms with Crippen molar-refractivity contribution in [2.24, 2.45) is 0 Å². The number of hydrogen-bond donors (Lipinski definition) is 1. The molecule has 0 aliphatic rings. The highest BCUT2D eigenvalue weighted by molar-refractivity contribution is 7.89. The molecule has 5 heteroatoms. The van der Waals surface area contributed by atoms with Gasteiger partial charge < -0.3 is 4.74 Å². The lowest BCUT2D eigenvalue weighted by Crippen LogP contribution is -2.27. The van der Waals surface area contributed by atoms with Crippen molar-refractivity contribution in [3.63, 3.8) is 0 Å². The summed E-state index contributed by atoms with van der Waals surface area (Å²) in [5.74, 6) is 0.877. The molecule has 0 bridgehead atoms. The van der Waals surface area contributed by atoms with Crippen molar-refractivity contribution >= 4 is 10.0 Å². The van der Waals surface area contributed by atoms with Crippen LogP contribution in [0.5, 0.6) is 5.75 Å². The average Bonchev–Trinajstić information content (AvgIpc) is 2.54. The first-order valence-corrected chi connectivity index (χ1v) is 9.08. The summed E-state index contributed by atoms with van der Waals surface area (Å²) < 4.78 is 33.3. The molecular formula is C18H23NO3S. The van der Waals surface area contributed by atoms with Crippen LogP contribution in [0.1, 0.15) is 43.9 Å². The van der Waals surface area contributed by atoms with E-state index in [9.17, 15) is 8.42 Å². The Hall–Kier alpha value is -1.85. The second-order valence-electron chi connectivity index (χ2n) is 5.81. The Morgan fingerprint density at radius 1 is 1.00 bits per heavy atom. The highest BCUT2D eigenvalue weighted by Crippen LogP contribution is 2.29. The van der Waals surface area contributed by atoms with Gasteiger partial charge in [0.25, 0.3) is 0 Å². The topological polar surface area (TPSA) is 55.4 Å². The number of hydrogen-bond acceptors (Lipinski definition) is 3. The molecule has 1 atom stereocenters. The number of rotatable bonds is 6. The van der Waals surface area contributed by atoms with E-state index in [-0.39, 0.29) is 16.9 Å². The zero-order valence-electron chi connectivity index (χ0n) is 13.9. The summed E-state index contributed by atoms with van der Waals surface area (Å²) >= 11 is 0. The van der Waals surface area contributed by atoms with E-state index in [1.165, 1.54) is 0 Å². The van der Waals surface area contributed by atoms with Crippen LogP contribution in [-0.2, 0) is 10.0 Å². The van der Waals surface area contributed by atoms with Crippen molar-refractivity contribution in [2.75, 3.05) is 7.11 Å². The van der Waals surface area contributed by atoms with Crippen molar-refractivity contribution < 1.29 is 13.2 Å². The maximum Gasteiger partial charge on any atom is 0.241 e. The van der Waals surface area contributed by atoms with Crippen LogP contribution < -0.4 is 9.46 Å². The fourth-order valence-corrected chi connectivity index (χ4v) is 3.71. The molecule has 124 valence electrons. The van der Waals surface area contributed by atoms with Crippen LogP contribution in [0.25, 0.3) is 0 Å². The van der Waals surface area contributed by atoms with E-state index in [4.69, 9.17) is 4.74 Å². The molecule has 2 aromatic carbocycles. The fourth-order valence-electron chi connectivity index (χ4n) is 2.44. The molecule has 23 heavy (non-hydrogen) atoms. The molecule has 0 aliphatic carbocycles. The van der Waals surface area contributed by atoms with Crippen LogP contribution in [0.4, 0.5) is 0 Å². The van der Waals surface area contributed by atoms with Gasteiger partial charge in [0.2, 0.25) is 10.0 Å². The van der Waals surface area contributed by atoms with Crippen LogP contribution in [0.3, 0.4) is 0 Å². The molecule has 0 aromatic heterocycles. The van der Waals surface area contributed by atoms with Crippen molar-refractivity contribution in [2.45, 2.75) is 37.6 Å². The zero-order chi connectivity index (χ0) is 17.0. The Morgan fingerprint density at radius 3 is 2.22 bits per heavy atom. The molecule has 0 fully saturated rings. The van der Waals surface area contributed by atoms with Gasteiger partial charge in [0.1, 0.15) is 5.75 Å². The molecule has 1 N–H and O–H groups in total. The van der Waals surface area contributed by atoms with Crippen LogP contribution >= 0.6 is 0 Å². The van der Waals surface area contributed by atoms with Gasteiger partial charge in [-0.3, -0.25) is 0 Å². The van der Waals surface area contributed by atoms with Crippen LogP contribution in [0.15, 0.2) is 53.4 Å². The van der Waals surface area contributed by atoms with Crippen LogP contribution in [-0.4, -0.2) is 15.5 Å². The predicted molar refractivity (Wildman–Crippen MR) is 92.3 cm³/mol. The van der Waals surface area contributed by atoms with Gasteiger partial charge in [0, 0.05) is 6.04 Å². The molecule has 0 aliphatic heterocycles. The summed E-state index contributed by atoms with van der Waals surface area (Å²) in [6.45, 7) is 5.85. The standard InChI is InChI=1S/C18H23NO3S/c1-13(2)17-12-16(10-11-18(17)22-4)23(20,21)19-14(3)15-8-6-5-7-9-15/h5-14,19H,1-4H3/t14-/m0/s1. The molecule has 0 amide bonds. The van der Waals surface area contributed by atoms with Gasteiger partial charge in [-0.15, -0.1) is 0 Å². The normalized spacial score (nSPS) is 13.1. The molecule has 0 unspecified atom stereocenters. The summed E-state index contributed by atoms with van der Waals surface area (Å²) in [7, 11) is -2.01. The molecule has 0 saturated heterocycles. The monoisotopic (exact) mass is 333 g/mol. The van der Waals surface area contributed by atoms with Gasteiger partial charge in [0.05, 0.1) is 12.0 Å². The Kier molecular flexibility index (Phi) is 5.44. The van der Waals surface area contributed by atoms with E-state index < -0.39 is 10.0 Å². The highest BCUT2D eigenvalue weighted by atomic mass is 32.2. The van der Waals surface area contributed by atoms with Gasteiger partial charge in [-0.2, -0.15) is 0 Å². The Labute approximate surface area is 138 Å². The lowest BCUT2D eigenvalue weighted by atomic mass is 10.0. The summed E-state index contributed by atoms with van der Waals surface area (Å²) in [6, 6.07) is 14.2. The Balaban J connectivity index is 2.31. The molecule has 4 nitrogen and oxygen atoms in total. The molecule has 2 rings (SSSR count). The van der Waals surface area contributed by atoms with E-state index in [1.807, 2.05) is 51.1 Å². The predicted octanol–water partition coefficient (Wildman–Crippen LogP) is 3.86. The zero-order valence-corrected chi connectivity index (χ0v) is 14.7. The van der Waals surface area contributed by atoms with Gasteiger partial charge in [-0.1, -0.05) is 44.2 Å². The summed E-state index contributed by atoms with van der Waals surface area (Å²) in [5.41, 5.74) is 1.80. The fraction of sp³-hybridized carbons (Fsp3) is 0.333. The quantitative estimate of drug-likeness (QED) is 0.873. The minimum Gasteiger partial charge on any atom is -0.496 e. The minimum absolute atomic E-state index is 0.173. The molecule has 0 spiro atoms. The van der Waals surface area contributed by atoms with Crippen LogP contribution in [0.2, 0.25) is 0 Å². The van der Waals surface area contributed by atoms with Crippen molar-refractivity contribution in [1.82, 2.24) is 4.72 Å². The average molecular weight is 333 g/mol. The highest BCUT2D eigenvalue weighted by Gasteiger charge is 2.20. The van der Waals surface area contributed by atoms with E-state index in [2.05, 4.69) is 4.72 Å². The lowest BCUT2D eigenvalue weighted by Gasteiger charge is -2.17. The first-order valence-electron chi connectivity index (χ1n) is 7.60.